The van der Waals surface area contributed by atoms with E-state index in [1.807, 2.05) is 36.4 Å². The highest BCUT2D eigenvalue weighted by molar-refractivity contribution is 5.78. The number of benzene rings is 5. The van der Waals surface area contributed by atoms with Gasteiger partial charge in [0.15, 0.2) is 0 Å². The normalized spacial score (nSPS) is 10.8. The van der Waals surface area contributed by atoms with Crippen LogP contribution in [0.3, 0.4) is 0 Å². The van der Waals surface area contributed by atoms with Crippen LogP contribution in [-0.2, 0) is 4.79 Å². The fraction of sp³-hybridized carbons (Fsp3) is 0.0571. The molecule has 5 aromatic rings. The summed E-state index contributed by atoms with van der Waals surface area (Å²) < 4.78 is 11.1. The van der Waals surface area contributed by atoms with E-state index in [2.05, 4.69) is 89.8 Å². The van der Waals surface area contributed by atoms with E-state index in [1.54, 1.807) is 31.2 Å². The molecule has 0 amide bonds. The van der Waals surface area contributed by atoms with Crippen molar-refractivity contribution >= 4 is 35.2 Å². The molecule has 0 heterocycles. The van der Waals surface area contributed by atoms with E-state index < -0.39 is 0 Å². The van der Waals surface area contributed by atoms with Gasteiger partial charge in [-0.25, -0.2) is 0 Å². The van der Waals surface area contributed by atoms with Crippen molar-refractivity contribution < 1.29 is 14.3 Å². The predicted molar refractivity (Wildman–Crippen MR) is 159 cm³/mol. The molecule has 5 aromatic carbocycles. The predicted octanol–water partition coefficient (Wildman–Crippen LogP) is 9.43. The lowest BCUT2D eigenvalue weighted by Gasteiger charge is -2.25. The minimum Gasteiger partial charge on any atom is -0.457 e. The van der Waals surface area contributed by atoms with Gasteiger partial charge in [-0.05, 0) is 83.9 Å². The van der Waals surface area contributed by atoms with E-state index in [1.165, 1.54) is 0 Å². The fourth-order valence-corrected chi connectivity index (χ4v) is 4.09. The molecule has 0 saturated carbocycles. The van der Waals surface area contributed by atoms with Gasteiger partial charge in [0.25, 0.3) is 0 Å². The highest BCUT2D eigenvalue weighted by atomic mass is 16.5. The number of carbonyl (C=O) groups excluding carboxylic acids is 1. The van der Waals surface area contributed by atoms with E-state index in [0.29, 0.717) is 17.9 Å². The molecular formula is C35H29NO3. The Hall–Kier alpha value is -5.09. The van der Waals surface area contributed by atoms with Crippen molar-refractivity contribution in [3.05, 3.63) is 145 Å². The van der Waals surface area contributed by atoms with Gasteiger partial charge in [0.1, 0.15) is 17.2 Å². The summed E-state index contributed by atoms with van der Waals surface area (Å²) in [6.45, 7) is 1.76. The molecule has 4 nitrogen and oxygen atoms in total. The number of esters is 1. The standard InChI is InChI=1S/C35H29NO3/c1-2-35(37)39-34-25-23-33(24-26-34)38-32-21-17-28(18-22-32)14-13-27-15-19-31(20-16-27)36(29-9-5-3-6-10-29)30-11-7-4-8-12-30/h3-26H,2H2,1H3. The molecule has 0 spiro atoms. The Kier molecular flexibility index (Phi) is 8.15. The van der Waals surface area contributed by atoms with Gasteiger partial charge in [-0.2, -0.15) is 0 Å². The maximum atomic E-state index is 11.4. The fourth-order valence-electron chi connectivity index (χ4n) is 4.09. The van der Waals surface area contributed by atoms with Crippen LogP contribution in [0.5, 0.6) is 17.2 Å². The monoisotopic (exact) mass is 511 g/mol. The second-order valence-corrected chi connectivity index (χ2v) is 8.90. The van der Waals surface area contributed by atoms with Gasteiger partial charge < -0.3 is 14.4 Å². The van der Waals surface area contributed by atoms with E-state index in [0.717, 1.165) is 33.9 Å². The molecule has 0 fully saturated rings. The largest absolute Gasteiger partial charge is 0.457 e. The van der Waals surface area contributed by atoms with Crippen LogP contribution in [0, 0.1) is 0 Å². The molecule has 0 saturated heterocycles. The maximum Gasteiger partial charge on any atom is 0.310 e. The Balaban J connectivity index is 1.24. The smallest absolute Gasteiger partial charge is 0.310 e. The molecule has 5 rings (SSSR count). The van der Waals surface area contributed by atoms with Gasteiger partial charge in [-0.1, -0.05) is 79.7 Å². The summed E-state index contributed by atoms with van der Waals surface area (Å²) in [5.74, 6) is 1.66. The summed E-state index contributed by atoms with van der Waals surface area (Å²) in [7, 11) is 0. The van der Waals surface area contributed by atoms with Crippen LogP contribution < -0.4 is 14.4 Å². The number of hydrogen-bond donors (Lipinski definition) is 0. The van der Waals surface area contributed by atoms with Crippen LogP contribution in [-0.4, -0.2) is 5.97 Å². The van der Waals surface area contributed by atoms with E-state index >= 15 is 0 Å². The Morgan fingerprint density at radius 3 is 1.46 bits per heavy atom. The average molecular weight is 512 g/mol. The van der Waals surface area contributed by atoms with Gasteiger partial charge in [0.05, 0.1) is 0 Å². The molecule has 192 valence electrons. The topological polar surface area (TPSA) is 38.8 Å². The molecule has 0 N–H and O–H groups in total. The molecule has 39 heavy (non-hydrogen) atoms. The molecule has 4 heteroatoms. The molecule has 0 aliphatic rings. The van der Waals surface area contributed by atoms with E-state index in [9.17, 15) is 4.79 Å². The zero-order valence-electron chi connectivity index (χ0n) is 21.7. The second-order valence-electron chi connectivity index (χ2n) is 8.90. The van der Waals surface area contributed by atoms with Crippen molar-refractivity contribution in [1.29, 1.82) is 0 Å². The number of ether oxygens (including phenoxy) is 2. The Morgan fingerprint density at radius 2 is 0.974 bits per heavy atom. The molecule has 0 bridgehead atoms. The minimum atomic E-state index is -0.260. The maximum absolute atomic E-state index is 11.4. The summed E-state index contributed by atoms with van der Waals surface area (Å²) in [5.41, 5.74) is 5.52. The lowest BCUT2D eigenvalue weighted by Crippen LogP contribution is -2.09. The number of hydrogen-bond acceptors (Lipinski definition) is 4. The number of para-hydroxylation sites is 2. The van der Waals surface area contributed by atoms with Crippen molar-refractivity contribution in [2.24, 2.45) is 0 Å². The van der Waals surface area contributed by atoms with Crippen LogP contribution in [0.1, 0.15) is 24.5 Å². The Morgan fingerprint density at radius 1 is 0.564 bits per heavy atom. The van der Waals surface area contributed by atoms with Gasteiger partial charge >= 0.3 is 5.97 Å². The quantitative estimate of drug-likeness (QED) is 0.112. The van der Waals surface area contributed by atoms with Crippen molar-refractivity contribution in [1.82, 2.24) is 0 Å². The van der Waals surface area contributed by atoms with Gasteiger partial charge in [0, 0.05) is 23.5 Å². The Labute approximate surface area is 229 Å². The van der Waals surface area contributed by atoms with E-state index in [-0.39, 0.29) is 5.97 Å². The summed E-state index contributed by atoms with van der Waals surface area (Å²) in [6, 6.07) is 44.2. The van der Waals surface area contributed by atoms with Crippen molar-refractivity contribution in [3.63, 3.8) is 0 Å². The summed E-state index contributed by atoms with van der Waals surface area (Å²) in [5, 5.41) is 0. The summed E-state index contributed by atoms with van der Waals surface area (Å²) >= 11 is 0. The van der Waals surface area contributed by atoms with Crippen LogP contribution in [0.4, 0.5) is 17.1 Å². The van der Waals surface area contributed by atoms with Crippen LogP contribution in [0.25, 0.3) is 12.2 Å². The van der Waals surface area contributed by atoms with Gasteiger partial charge in [0.2, 0.25) is 0 Å². The lowest BCUT2D eigenvalue weighted by molar-refractivity contribution is -0.134. The number of carbonyl (C=O) groups is 1. The molecule has 0 aliphatic heterocycles. The zero-order valence-corrected chi connectivity index (χ0v) is 21.7. The molecule has 0 aromatic heterocycles. The lowest BCUT2D eigenvalue weighted by atomic mass is 10.1. The first kappa shape index (κ1) is 25.6. The SMILES string of the molecule is CCC(=O)Oc1ccc(Oc2ccc(C=Cc3ccc(N(c4ccccc4)c4ccccc4)cc3)cc2)cc1. The second kappa shape index (κ2) is 12.4. The first-order chi connectivity index (χ1) is 19.2. The molecule has 0 aliphatic carbocycles. The van der Waals surface area contributed by atoms with Crippen LogP contribution in [0.2, 0.25) is 0 Å². The first-order valence-electron chi connectivity index (χ1n) is 12.9. The van der Waals surface area contributed by atoms with Crippen molar-refractivity contribution in [3.8, 4) is 17.2 Å². The average Bonchev–Trinajstić information content (AvgIpc) is 3.00. The van der Waals surface area contributed by atoms with Crippen molar-refractivity contribution in [2.75, 3.05) is 4.90 Å². The third kappa shape index (κ3) is 6.82. The number of anilines is 3. The molecular weight excluding hydrogens is 482 g/mol. The summed E-state index contributed by atoms with van der Waals surface area (Å²) in [6.07, 6.45) is 4.53. The number of nitrogens with zero attached hydrogens (tertiary/aromatic N) is 1. The number of rotatable bonds is 9. The highest BCUT2D eigenvalue weighted by Crippen LogP contribution is 2.34. The molecule has 0 unspecified atom stereocenters. The van der Waals surface area contributed by atoms with Crippen molar-refractivity contribution in [2.45, 2.75) is 13.3 Å². The third-order valence-corrected chi connectivity index (χ3v) is 6.11. The van der Waals surface area contributed by atoms with Crippen LogP contribution in [0.15, 0.2) is 133 Å². The third-order valence-electron chi connectivity index (χ3n) is 6.11. The Bertz CT molecular complexity index is 1470. The van der Waals surface area contributed by atoms with Crippen LogP contribution >= 0.6 is 0 Å². The molecule has 0 atom stereocenters. The summed E-state index contributed by atoms with van der Waals surface area (Å²) in [4.78, 5) is 13.7. The zero-order chi connectivity index (χ0) is 26.9. The first-order valence-corrected chi connectivity index (χ1v) is 12.9. The highest BCUT2D eigenvalue weighted by Gasteiger charge is 2.11. The minimum absolute atomic E-state index is 0.260. The van der Waals surface area contributed by atoms with E-state index in [4.69, 9.17) is 9.47 Å². The molecule has 0 radical (unpaired) electrons. The van der Waals surface area contributed by atoms with Gasteiger partial charge in [-0.3, -0.25) is 4.79 Å². The van der Waals surface area contributed by atoms with Gasteiger partial charge in [-0.15, -0.1) is 0 Å².